The van der Waals surface area contributed by atoms with Crippen LogP contribution >= 0.6 is 10.3 Å². The van der Waals surface area contributed by atoms with Crippen molar-refractivity contribution in [2.24, 2.45) is 4.99 Å². The van der Waals surface area contributed by atoms with Crippen LogP contribution in [0.25, 0.3) is 0 Å². The lowest BCUT2D eigenvalue weighted by atomic mass is 10.9. The molecule has 0 heterocycles. The molecule has 0 unspecified atom stereocenters. The molecule has 0 aromatic rings. The first-order valence-electron chi connectivity index (χ1n) is 3.11. The van der Waals surface area contributed by atoms with Gasteiger partial charge in [-0.1, -0.05) is 0 Å². The van der Waals surface area contributed by atoms with E-state index in [9.17, 15) is 4.79 Å². The zero-order chi connectivity index (χ0) is 8.91. The molecule has 0 fully saturated rings. The van der Waals surface area contributed by atoms with Gasteiger partial charge in [0.1, 0.15) is 0 Å². The second-order valence-corrected chi connectivity index (χ2v) is 6.22. The quantitative estimate of drug-likeness (QED) is 0.512. The number of carbonyl (C=O) groups is 1. The van der Waals surface area contributed by atoms with Gasteiger partial charge in [-0.25, -0.2) is 19.6 Å². The largest absolute Gasteiger partial charge is 0.365 e. The van der Waals surface area contributed by atoms with Crippen molar-refractivity contribution in [1.29, 1.82) is 0 Å². The predicted molar refractivity (Wildman–Crippen MR) is 49.1 cm³/mol. The van der Waals surface area contributed by atoms with Crippen molar-refractivity contribution in [2.75, 3.05) is 18.8 Å². The number of hydroxylamine groups is 1. The van der Waals surface area contributed by atoms with E-state index < -0.39 is 16.3 Å². The van der Waals surface area contributed by atoms with Gasteiger partial charge in [-0.3, -0.25) is 0 Å². The first kappa shape index (κ1) is 10.4. The van der Waals surface area contributed by atoms with Crippen LogP contribution in [0, 0.1) is 0 Å². The Kier molecular flexibility index (Phi) is 4.14. The topological polar surface area (TPSA) is 50.7 Å². The van der Waals surface area contributed by atoms with Crippen molar-refractivity contribution in [3.8, 4) is 0 Å². The second kappa shape index (κ2) is 4.35. The molecule has 0 bridgehead atoms. The summed E-state index contributed by atoms with van der Waals surface area (Å²) in [7, 11) is -1.14. The van der Waals surface area contributed by atoms with E-state index in [1.165, 1.54) is 6.21 Å². The highest BCUT2D eigenvalue weighted by atomic mass is 32.3. The molecule has 0 spiro atoms. The maximum absolute atomic E-state index is 10.7. The van der Waals surface area contributed by atoms with Gasteiger partial charge < -0.3 is 0 Å². The Balaban J connectivity index is 3.63. The van der Waals surface area contributed by atoms with Gasteiger partial charge in [0, 0.05) is 6.21 Å². The average molecular weight is 178 g/mol. The number of nitrogens with zero attached hydrogens (tertiary/aromatic N) is 1. The molecule has 0 saturated heterocycles. The molecule has 0 atom stereocenters. The molecule has 0 aliphatic rings. The highest BCUT2D eigenvalue weighted by Gasteiger charge is 2.05. The lowest BCUT2D eigenvalue weighted by molar-refractivity contribution is 0.200. The van der Waals surface area contributed by atoms with Crippen LogP contribution in [0.4, 0.5) is 4.79 Å². The third-order valence-corrected chi connectivity index (χ3v) is 1.21. The fraction of sp³-hybridized carbons (Fsp3) is 0.667. The van der Waals surface area contributed by atoms with Gasteiger partial charge in [0.15, 0.2) is 0 Å². The molecular weight excluding hydrogens is 164 g/mol. The summed E-state index contributed by atoms with van der Waals surface area (Å²) in [6, 6.07) is -0.463. The minimum absolute atomic E-state index is 0.463. The Labute approximate surface area is 68.5 Å². The number of amides is 2. The molecule has 0 aliphatic carbocycles. The van der Waals surface area contributed by atoms with Crippen LogP contribution in [0.5, 0.6) is 0 Å². The van der Waals surface area contributed by atoms with Gasteiger partial charge in [0.05, 0.1) is 0 Å². The fourth-order valence-corrected chi connectivity index (χ4v) is 0.626. The second-order valence-electron chi connectivity index (χ2n) is 2.60. The molecule has 0 radical (unpaired) electrons. The van der Waals surface area contributed by atoms with Gasteiger partial charge >= 0.3 is 6.03 Å². The lowest BCUT2D eigenvalue weighted by Gasteiger charge is -2.23. The van der Waals surface area contributed by atoms with E-state index in [-0.39, 0.29) is 0 Å². The SMILES string of the molecule is CC=NC(=O)NOS(C)(C)C. The Morgan fingerprint density at radius 2 is 2.09 bits per heavy atom. The standard InChI is InChI=1S/C6H14N2O2S/c1-5-7-6(9)8-10-11(2,3)4/h5H,1-4H3,(H,8,9). The number of hydrogen-bond donors (Lipinski definition) is 1. The molecule has 1 N–H and O–H groups in total. The summed E-state index contributed by atoms with van der Waals surface area (Å²) in [5.41, 5.74) is 2.22. The summed E-state index contributed by atoms with van der Waals surface area (Å²) in [6.45, 7) is 1.67. The Morgan fingerprint density at radius 1 is 1.55 bits per heavy atom. The summed E-state index contributed by atoms with van der Waals surface area (Å²) < 4.78 is 5.01. The first-order valence-corrected chi connectivity index (χ1v) is 5.89. The molecule has 2 amide bonds. The number of rotatable bonds is 2. The number of urea groups is 1. The molecule has 0 aliphatic heterocycles. The molecule has 0 rings (SSSR count). The normalized spacial score (nSPS) is 13.5. The molecule has 0 aromatic carbocycles. The van der Waals surface area contributed by atoms with E-state index in [0.29, 0.717) is 0 Å². The van der Waals surface area contributed by atoms with E-state index in [1.807, 2.05) is 18.8 Å². The maximum Gasteiger partial charge on any atom is 0.365 e. The van der Waals surface area contributed by atoms with Crippen LogP contribution in [-0.2, 0) is 4.28 Å². The summed E-state index contributed by atoms with van der Waals surface area (Å²) >= 11 is 0. The highest BCUT2D eigenvalue weighted by molar-refractivity contribution is 8.28. The summed E-state index contributed by atoms with van der Waals surface area (Å²) in [6.07, 6.45) is 7.17. The molecule has 66 valence electrons. The van der Waals surface area contributed by atoms with Crippen LogP contribution < -0.4 is 5.48 Å². The van der Waals surface area contributed by atoms with E-state index >= 15 is 0 Å². The maximum atomic E-state index is 10.7. The molecule has 4 nitrogen and oxygen atoms in total. The van der Waals surface area contributed by atoms with Gasteiger partial charge in [-0.15, -0.1) is 10.3 Å². The number of carbonyl (C=O) groups excluding carboxylic acids is 1. The van der Waals surface area contributed by atoms with Crippen molar-refractivity contribution in [3.63, 3.8) is 0 Å². The summed E-state index contributed by atoms with van der Waals surface area (Å²) in [4.78, 5) is 14.1. The van der Waals surface area contributed by atoms with Crippen LogP contribution in [0.2, 0.25) is 0 Å². The van der Waals surface area contributed by atoms with Gasteiger partial charge in [-0.05, 0) is 25.7 Å². The van der Waals surface area contributed by atoms with Crippen LogP contribution in [0.1, 0.15) is 6.92 Å². The summed E-state index contributed by atoms with van der Waals surface area (Å²) in [5.74, 6) is 0. The smallest absolute Gasteiger partial charge is 0.244 e. The molecule has 11 heavy (non-hydrogen) atoms. The average Bonchev–Trinajstić information content (AvgIpc) is 1.83. The van der Waals surface area contributed by atoms with Gasteiger partial charge in [-0.2, -0.15) is 0 Å². The van der Waals surface area contributed by atoms with Gasteiger partial charge in [0.25, 0.3) is 0 Å². The molecule has 0 aromatic heterocycles. The monoisotopic (exact) mass is 178 g/mol. The number of nitrogens with one attached hydrogen (secondary N) is 1. The van der Waals surface area contributed by atoms with Crippen molar-refractivity contribution < 1.29 is 9.08 Å². The minimum Gasteiger partial charge on any atom is -0.244 e. The van der Waals surface area contributed by atoms with E-state index in [0.717, 1.165) is 0 Å². The van der Waals surface area contributed by atoms with Crippen LogP contribution in [-0.4, -0.2) is 31.0 Å². The fourth-order valence-electron chi connectivity index (χ4n) is 0.304. The lowest BCUT2D eigenvalue weighted by Crippen LogP contribution is -2.21. The van der Waals surface area contributed by atoms with E-state index in [1.54, 1.807) is 6.92 Å². The van der Waals surface area contributed by atoms with Crippen molar-refractivity contribution in [1.82, 2.24) is 5.48 Å². The Hall–Kier alpha value is -0.550. The zero-order valence-electron chi connectivity index (χ0n) is 7.25. The molecular formula is C6H14N2O2S. The predicted octanol–water partition coefficient (Wildman–Crippen LogP) is 1.33. The highest BCUT2D eigenvalue weighted by Crippen LogP contribution is 2.33. The molecule has 5 heteroatoms. The van der Waals surface area contributed by atoms with Crippen molar-refractivity contribution >= 4 is 22.6 Å². The van der Waals surface area contributed by atoms with Crippen LogP contribution in [0.3, 0.4) is 0 Å². The Morgan fingerprint density at radius 3 is 2.45 bits per heavy atom. The molecule has 0 saturated carbocycles. The third-order valence-electron chi connectivity index (χ3n) is 0.625. The first-order chi connectivity index (χ1) is 4.95. The van der Waals surface area contributed by atoms with Crippen LogP contribution in [0.15, 0.2) is 4.99 Å². The minimum atomic E-state index is -1.14. The summed E-state index contributed by atoms with van der Waals surface area (Å²) in [5, 5.41) is 0. The zero-order valence-corrected chi connectivity index (χ0v) is 8.07. The van der Waals surface area contributed by atoms with E-state index in [2.05, 4.69) is 10.5 Å². The number of aliphatic imine (C=N–C) groups is 1. The van der Waals surface area contributed by atoms with Crippen molar-refractivity contribution in [3.05, 3.63) is 0 Å². The third kappa shape index (κ3) is 7.35. The number of hydrogen-bond acceptors (Lipinski definition) is 2. The van der Waals surface area contributed by atoms with E-state index in [4.69, 9.17) is 4.28 Å². The van der Waals surface area contributed by atoms with Gasteiger partial charge in [0.2, 0.25) is 0 Å². The Bertz CT molecular complexity index is 162. The van der Waals surface area contributed by atoms with Crippen molar-refractivity contribution in [2.45, 2.75) is 6.92 Å².